The molecular formula is C12H19NO2S. The van der Waals surface area contributed by atoms with Crippen LogP contribution in [0.4, 0.5) is 0 Å². The first kappa shape index (κ1) is 13.4. The van der Waals surface area contributed by atoms with Crippen LogP contribution in [-0.4, -0.2) is 27.4 Å². The first-order chi connectivity index (χ1) is 7.61. The molecule has 0 aliphatic carbocycles. The number of benzene rings is 1. The average Bonchev–Trinajstić information content (AvgIpc) is 2.26. The van der Waals surface area contributed by atoms with Gasteiger partial charge in [-0.05, 0) is 18.1 Å². The Kier molecular flexibility index (Phi) is 5.66. The molecule has 2 unspecified atom stereocenters. The number of hydrogen-bond donors (Lipinski definition) is 2. The molecule has 90 valence electrons. The van der Waals surface area contributed by atoms with E-state index in [1.807, 2.05) is 31.2 Å². The van der Waals surface area contributed by atoms with Crippen LogP contribution in [0.1, 0.15) is 18.1 Å². The Balaban J connectivity index is 2.39. The normalized spacial score (nSPS) is 14.7. The minimum absolute atomic E-state index is 0.0823. The van der Waals surface area contributed by atoms with Gasteiger partial charge in [-0.2, -0.15) is 0 Å². The van der Waals surface area contributed by atoms with Gasteiger partial charge in [-0.1, -0.05) is 24.3 Å². The Morgan fingerprint density at radius 2 is 1.88 bits per heavy atom. The lowest BCUT2D eigenvalue weighted by Crippen LogP contribution is -2.30. The summed E-state index contributed by atoms with van der Waals surface area (Å²) in [5, 5.41) is 12.2. The molecule has 3 nitrogen and oxygen atoms in total. The lowest BCUT2D eigenvalue weighted by atomic mass is 10.1. The predicted octanol–water partition coefficient (Wildman–Crippen LogP) is 1.04. The number of rotatable bonds is 6. The maximum absolute atomic E-state index is 11.0. The largest absolute Gasteiger partial charge is 0.392 e. The van der Waals surface area contributed by atoms with Crippen LogP contribution in [0, 0.1) is 0 Å². The Bertz CT molecular complexity index is 337. The molecule has 0 aliphatic rings. The number of aliphatic hydroxyl groups excluding tert-OH is 1. The summed E-state index contributed by atoms with van der Waals surface area (Å²) >= 11 is 0. The van der Waals surface area contributed by atoms with Crippen LogP contribution in [-0.2, 0) is 24.0 Å². The highest BCUT2D eigenvalue weighted by molar-refractivity contribution is 7.84. The Morgan fingerprint density at radius 3 is 2.38 bits per heavy atom. The second-order valence-electron chi connectivity index (χ2n) is 4.00. The fourth-order valence-electron chi connectivity index (χ4n) is 1.47. The highest BCUT2D eigenvalue weighted by Crippen LogP contribution is 2.04. The third-order valence-corrected chi connectivity index (χ3v) is 3.31. The monoisotopic (exact) mass is 241 g/mol. The van der Waals surface area contributed by atoms with Gasteiger partial charge in [0.2, 0.25) is 0 Å². The van der Waals surface area contributed by atoms with Crippen LogP contribution < -0.4 is 5.32 Å². The predicted molar refractivity (Wildman–Crippen MR) is 67.6 cm³/mol. The fraction of sp³-hybridized carbons (Fsp3) is 0.500. The molecule has 0 saturated carbocycles. The number of hydrogen-bond acceptors (Lipinski definition) is 3. The molecule has 4 heteroatoms. The molecule has 0 amide bonds. The number of aliphatic hydroxyl groups is 1. The van der Waals surface area contributed by atoms with E-state index in [4.69, 9.17) is 5.11 Å². The minimum atomic E-state index is -0.754. The van der Waals surface area contributed by atoms with Crippen molar-refractivity contribution in [2.45, 2.75) is 26.1 Å². The molecule has 0 fully saturated rings. The van der Waals surface area contributed by atoms with Crippen LogP contribution >= 0.6 is 0 Å². The van der Waals surface area contributed by atoms with Gasteiger partial charge < -0.3 is 10.4 Å². The first-order valence-electron chi connectivity index (χ1n) is 5.34. The molecule has 0 spiro atoms. The van der Waals surface area contributed by atoms with Gasteiger partial charge in [0.25, 0.3) is 0 Å². The average molecular weight is 241 g/mol. The van der Waals surface area contributed by atoms with Gasteiger partial charge >= 0.3 is 0 Å². The van der Waals surface area contributed by atoms with Crippen molar-refractivity contribution in [3.8, 4) is 0 Å². The van der Waals surface area contributed by atoms with E-state index in [2.05, 4.69) is 5.32 Å². The summed E-state index contributed by atoms with van der Waals surface area (Å²) in [5.74, 6) is 0.675. The third kappa shape index (κ3) is 4.88. The molecule has 1 rings (SSSR count). The van der Waals surface area contributed by atoms with Gasteiger partial charge in [-0.25, -0.2) is 0 Å². The summed E-state index contributed by atoms with van der Waals surface area (Å²) in [5.41, 5.74) is 2.09. The highest BCUT2D eigenvalue weighted by Gasteiger charge is 2.03. The van der Waals surface area contributed by atoms with Gasteiger partial charge in [-0.3, -0.25) is 4.21 Å². The maximum atomic E-state index is 11.0. The lowest BCUT2D eigenvalue weighted by molar-refractivity contribution is 0.282. The fourth-order valence-corrected chi connectivity index (χ4v) is 2.29. The van der Waals surface area contributed by atoms with Crippen molar-refractivity contribution in [2.24, 2.45) is 0 Å². The highest BCUT2D eigenvalue weighted by atomic mass is 32.2. The van der Waals surface area contributed by atoms with Gasteiger partial charge in [0.15, 0.2) is 0 Å². The van der Waals surface area contributed by atoms with Gasteiger partial charge in [0.1, 0.15) is 0 Å². The van der Waals surface area contributed by atoms with Crippen LogP contribution in [0.15, 0.2) is 24.3 Å². The smallest absolute Gasteiger partial charge is 0.0681 e. The van der Waals surface area contributed by atoms with E-state index in [1.165, 1.54) is 5.56 Å². The molecule has 0 saturated heterocycles. The molecule has 0 radical (unpaired) electrons. The molecule has 0 heterocycles. The van der Waals surface area contributed by atoms with E-state index in [0.29, 0.717) is 5.75 Å². The van der Waals surface area contributed by atoms with Gasteiger partial charge in [0.05, 0.1) is 6.61 Å². The summed E-state index contributed by atoms with van der Waals surface area (Å²) in [6, 6.07) is 8.07. The zero-order chi connectivity index (χ0) is 12.0. The number of nitrogens with one attached hydrogen (secondary N) is 1. The third-order valence-electron chi connectivity index (χ3n) is 2.34. The first-order valence-corrected chi connectivity index (χ1v) is 7.06. The lowest BCUT2D eigenvalue weighted by Gasteiger charge is -2.12. The zero-order valence-corrected chi connectivity index (χ0v) is 10.6. The second kappa shape index (κ2) is 6.78. The SMILES string of the molecule is CC(CS(C)=O)NCc1ccc(CO)cc1. The van der Waals surface area contributed by atoms with E-state index in [1.54, 1.807) is 6.26 Å². The molecule has 0 aliphatic heterocycles. The molecule has 1 aromatic carbocycles. The van der Waals surface area contributed by atoms with Crippen molar-refractivity contribution < 1.29 is 9.32 Å². The molecular weight excluding hydrogens is 222 g/mol. The van der Waals surface area contributed by atoms with Crippen molar-refractivity contribution in [3.63, 3.8) is 0 Å². The van der Waals surface area contributed by atoms with E-state index in [9.17, 15) is 4.21 Å². The molecule has 16 heavy (non-hydrogen) atoms. The quantitative estimate of drug-likeness (QED) is 0.782. The summed E-state index contributed by atoms with van der Waals surface area (Å²) in [4.78, 5) is 0. The van der Waals surface area contributed by atoms with Gasteiger partial charge in [0, 0.05) is 35.4 Å². The maximum Gasteiger partial charge on any atom is 0.0681 e. The molecule has 2 atom stereocenters. The second-order valence-corrected chi connectivity index (χ2v) is 5.48. The zero-order valence-electron chi connectivity index (χ0n) is 9.77. The minimum Gasteiger partial charge on any atom is -0.392 e. The molecule has 1 aromatic rings. The van der Waals surface area contributed by atoms with E-state index in [-0.39, 0.29) is 12.6 Å². The Labute approximate surface area is 99.3 Å². The van der Waals surface area contributed by atoms with E-state index >= 15 is 0 Å². The van der Waals surface area contributed by atoms with Crippen molar-refractivity contribution >= 4 is 10.8 Å². The van der Waals surface area contributed by atoms with Crippen molar-refractivity contribution in [1.29, 1.82) is 0 Å². The summed E-state index contributed by atoms with van der Waals surface area (Å²) < 4.78 is 11.0. The van der Waals surface area contributed by atoms with Crippen molar-refractivity contribution in [1.82, 2.24) is 5.32 Å². The molecule has 0 bridgehead atoms. The summed E-state index contributed by atoms with van der Waals surface area (Å²) in [6.07, 6.45) is 1.72. The van der Waals surface area contributed by atoms with Crippen molar-refractivity contribution in [3.05, 3.63) is 35.4 Å². The topological polar surface area (TPSA) is 49.3 Å². The van der Waals surface area contributed by atoms with E-state index in [0.717, 1.165) is 12.1 Å². The van der Waals surface area contributed by atoms with E-state index < -0.39 is 10.8 Å². The standard InChI is InChI=1S/C12H19NO2S/c1-10(9-16(2)15)13-7-11-3-5-12(8-14)6-4-11/h3-6,10,13-14H,7-9H2,1-2H3. The molecule has 2 N–H and O–H groups in total. The van der Waals surface area contributed by atoms with Crippen LogP contribution in [0.5, 0.6) is 0 Å². The van der Waals surface area contributed by atoms with Gasteiger partial charge in [-0.15, -0.1) is 0 Å². The summed E-state index contributed by atoms with van der Waals surface area (Å²) in [7, 11) is -0.754. The van der Waals surface area contributed by atoms with Crippen molar-refractivity contribution in [2.75, 3.05) is 12.0 Å². The Hall–Kier alpha value is -0.710. The van der Waals surface area contributed by atoms with Crippen LogP contribution in [0.2, 0.25) is 0 Å². The molecule has 0 aromatic heterocycles. The Morgan fingerprint density at radius 1 is 1.31 bits per heavy atom. The van der Waals surface area contributed by atoms with Crippen LogP contribution in [0.3, 0.4) is 0 Å². The summed E-state index contributed by atoms with van der Waals surface area (Å²) in [6.45, 7) is 2.88. The van der Waals surface area contributed by atoms with Crippen LogP contribution in [0.25, 0.3) is 0 Å².